The number of cyclic esters (lactones) is 1. The standard InChI is InChI=1S/C17H21NO3/c1-13(2)7-6-10-16(19)18-15(12-21-17(18)20)11-14-8-4-3-5-9-14/h3-5,7-9,15H,6,10-12H2,1-2H3/t15-/m1/s1. The van der Waals surface area contributed by atoms with Crippen molar-refractivity contribution in [1.82, 2.24) is 4.90 Å². The van der Waals surface area contributed by atoms with Crippen LogP contribution in [0, 0.1) is 0 Å². The van der Waals surface area contributed by atoms with Crippen LogP contribution in [0.25, 0.3) is 0 Å². The van der Waals surface area contributed by atoms with E-state index in [0.717, 1.165) is 5.56 Å². The molecular weight excluding hydrogens is 266 g/mol. The quantitative estimate of drug-likeness (QED) is 0.780. The Kier molecular flexibility index (Phi) is 5.14. The topological polar surface area (TPSA) is 46.6 Å². The fourth-order valence-electron chi connectivity index (χ4n) is 2.41. The molecule has 0 saturated carbocycles. The van der Waals surface area contributed by atoms with E-state index in [2.05, 4.69) is 0 Å². The first-order valence-electron chi connectivity index (χ1n) is 7.24. The smallest absolute Gasteiger partial charge is 0.416 e. The molecule has 2 rings (SSSR count). The molecule has 21 heavy (non-hydrogen) atoms. The predicted octanol–water partition coefficient (Wildman–Crippen LogP) is 3.32. The molecule has 1 aromatic rings. The van der Waals surface area contributed by atoms with Gasteiger partial charge in [0.1, 0.15) is 6.61 Å². The third-order valence-corrected chi connectivity index (χ3v) is 3.45. The number of hydrogen-bond donors (Lipinski definition) is 0. The van der Waals surface area contributed by atoms with Crippen LogP contribution in [-0.4, -0.2) is 29.5 Å². The summed E-state index contributed by atoms with van der Waals surface area (Å²) in [7, 11) is 0. The summed E-state index contributed by atoms with van der Waals surface area (Å²) >= 11 is 0. The number of rotatable bonds is 5. The number of carbonyl (C=O) groups is 2. The molecule has 1 heterocycles. The maximum atomic E-state index is 12.2. The minimum Gasteiger partial charge on any atom is -0.447 e. The molecule has 0 aromatic heterocycles. The lowest BCUT2D eigenvalue weighted by Crippen LogP contribution is -2.40. The Morgan fingerprint density at radius 1 is 1.33 bits per heavy atom. The van der Waals surface area contributed by atoms with Gasteiger partial charge in [0.05, 0.1) is 6.04 Å². The molecule has 1 fully saturated rings. The highest BCUT2D eigenvalue weighted by molar-refractivity contribution is 5.93. The summed E-state index contributed by atoms with van der Waals surface area (Å²) in [5.74, 6) is -0.157. The molecule has 0 bridgehead atoms. The molecule has 0 N–H and O–H groups in total. The lowest BCUT2D eigenvalue weighted by molar-refractivity contribution is -0.129. The largest absolute Gasteiger partial charge is 0.447 e. The highest BCUT2D eigenvalue weighted by Crippen LogP contribution is 2.19. The number of carbonyl (C=O) groups excluding carboxylic acids is 2. The van der Waals surface area contributed by atoms with E-state index in [4.69, 9.17) is 4.74 Å². The van der Waals surface area contributed by atoms with Crippen molar-refractivity contribution >= 4 is 12.0 Å². The van der Waals surface area contributed by atoms with Gasteiger partial charge < -0.3 is 4.74 Å². The molecule has 0 spiro atoms. The van der Waals surface area contributed by atoms with Crippen LogP contribution in [0.3, 0.4) is 0 Å². The van der Waals surface area contributed by atoms with Crippen LogP contribution < -0.4 is 0 Å². The van der Waals surface area contributed by atoms with Crippen LogP contribution >= 0.6 is 0 Å². The van der Waals surface area contributed by atoms with E-state index >= 15 is 0 Å². The number of benzene rings is 1. The van der Waals surface area contributed by atoms with Gasteiger partial charge in [-0.1, -0.05) is 42.0 Å². The zero-order valence-electron chi connectivity index (χ0n) is 12.5. The second-order valence-corrected chi connectivity index (χ2v) is 5.50. The van der Waals surface area contributed by atoms with Gasteiger partial charge in [0.15, 0.2) is 0 Å². The summed E-state index contributed by atoms with van der Waals surface area (Å²) in [5, 5.41) is 0. The van der Waals surface area contributed by atoms with E-state index in [1.54, 1.807) is 0 Å². The number of hydrogen-bond acceptors (Lipinski definition) is 3. The highest BCUT2D eigenvalue weighted by atomic mass is 16.6. The van der Waals surface area contributed by atoms with Crippen LogP contribution in [0.1, 0.15) is 32.3 Å². The van der Waals surface area contributed by atoms with E-state index in [1.165, 1.54) is 10.5 Å². The number of nitrogens with zero attached hydrogens (tertiary/aromatic N) is 1. The van der Waals surface area contributed by atoms with E-state index in [0.29, 0.717) is 19.3 Å². The maximum Gasteiger partial charge on any atom is 0.416 e. The molecule has 1 saturated heterocycles. The van der Waals surface area contributed by atoms with Gasteiger partial charge in [-0.05, 0) is 32.3 Å². The molecule has 0 unspecified atom stereocenters. The second kappa shape index (κ2) is 7.07. The van der Waals surface area contributed by atoms with Crippen molar-refractivity contribution in [2.45, 2.75) is 39.2 Å². The van der Waals surface area contributed by atoms with Crippen molar-refractivity contribution in [3.8, 4) is 0 Å². The predicted molar refractivity (Wildman–Crippen MR) is 80.8 cm³/mol. The third kappa shape index (κ3) is 4.18. The Hall–Kier alpha value is -2.10. The molecule has 2 amide bonds. The first kappa shape index (κ1) is 15.3. The summed E-state index contributed by atoms with van der Waals surface area (Å²) in [5.41, 5.74) is 2.27. The molecule has 1 aromatic carbocycles. The number of imide groups is 1. The summed E-state index contributed by atoms with van der Waals surface area (Å²) in [6.45, 7) is 4.27. The van der Waals surface area contributed by atoms with Crippen molar-refractivity contribution in [2.24, 2.45) is 0 Å². The van der Waals surface area contributed by atoms with Gasteiger partial charge in [0.2, 0.25) is 5.91 Å². The number of ether oxygens (including phenoxy) is 1. The fourth-order valence-corrected chi connectivity index (χ4v) is 2.41. The average molecular weight is 287 g/mol. The Labute approximate surface area is 125 Å². The second-order valence-electron chi connectivity index (χ2n) is 5.50. The lowest BCUT2D eigenvalue weighted by atomic mass is 10.1. The SMILES string of the molecule is CC(C)=CCCC(=O)N1C(=O)OC[C@H]1Cc1ccccc1. The molecule has 0 aliphatic carbocycles. The van der Waals surface area contributed by atoms with Crippen LogP contribution in [0.15, 0.2) is 42.0 Å². The summed E-state index contributed by atoms with van der Waals surface area (Å²) in [4.78, 5) is 25.3. The van der Waals surface area contributed by atoms with Gasteiger partial charge in [-0.15, -0.1) is 0 Å². The molecule has 1 aliphatic heterocycles. The molecular formula is C17H21NO3. The van der Waals surface area contributed by atoms with Crippen LogP contribution in [0.4, 0.5) is 4.79 Å². The van der Waals surface area contributed by atoms with Gasteiger partial charge in [-0.25, -0.2) is 9.69 Å². The van der Waals surface area contributed by atoms with Crippen molar-refractivity contribution in [3.05, 3.63) is 47.5 Å². The van der Waals surface area contributed by atoms with Crippen LogP contribution in [-0.2, 0) is 16.0 Å². The Bertz CT molecular complexity index is 532. The molecule has 0 radical (unpaired) electrons. The van der Waals surface area contributed by atoms with Crippen molar-refractivity contribution in [1.29, 1.82) is 0 Å². The molecule has 1 aliphatic rings. The third-order valence-electron chi connectivity index (χ3n) is 3.45. The van der Waals surface area contributed by atoms with Gasteiger partial charge >= 0.3 is 6.09 Å². The van der Waals surface area contributed by atoms with Crippen LogP contribution in [0.5, 0.6) is 0 Å². The molecule has 112 valence electrons. The average Bonchev–Trinajstić information content (AvgIpc) is 2.80. The minimum atomic E-state index is -0.516. The van der Waals surface area contributed by atoms with Crippen LogP contribution in [0.2, 0.25) is 0 Å². The maximum absolute atomic E-state index is 12.2. The van der Waals surface area contributed by atoms with E-state index in [-0.39, 0.29) is 18.6 Å². The summed E-state index contributed by atoms with van der Waals surface area (Å²) in [6.07, 6.45) is 3.12. The highest BCUT2D eigenvalue weighted by Gasteiger charge is 2.37. The van der Waals surface area contributed by atoms with Crippen molar-refractivity contribution < 1.29 is 14.3 Å². The molecule has 4 heteroatoms. The van der Waals surface area contributed by atoms with Gasteiger partial charge in [0.25, 0.3) is 0 Å². The van der Waals surface area contributed by atoms with Crippen molar-refractivity contribution in [2.75, 3.05) is 6.61 Å². The van der Waals surface area contributed by atoms with E-state index in [9.17, 15) is 9.59 Å². The molecule has 4 nitrogen and oxygen atoms in total. The Morgan fingerprint density at radius 3 is 2.71 bits per heavy atom. The zero-order valence-corrected chi connectivity index (χ0v) is 12.5. The summed E-state index contributed by atoms with van der Waals surface area (Å²) < 4.78 is 5.05. The fraction of sp³-hybridized carbons (Fsp3) is 0.412. The van der Waals surface area contributed by atoms with Crippen molar-refractivity contribution in [3.63, 3.8) is 0 Å². The monoisotopic (exact) mass is 287 g/mol. The van der Waals surface area contributed by atoms with Gasteiger partial charge in [-0.3, -0.25) is 4.79 Å². The van der Waals surface area contributed by atoms with Gasteiger partial charge in [0, 0.05) is 6.42 Å². The first-order chi connectivity index (χ1) is 10.1. The van der Waals surface area contributed by atoms with E-state index in [1.807, 2.05) is 50.3 Å². The lowest BCUT2D eigenvalue weighted by Gasteiger charge is -2.19. The van der Waals surface area contributed by atoms with Gasteiger partial charge in [-0.2, -0.15) is 0 Å². The Morgan fingerprint density at radius 2 is 2.05 bits per heavy atom. The molecule has 1 atom stereocenters. The Balaban J connectivity index is 1.99. The zero-order chi connectivity index (χ0) is 15.2. The number of allylic oxidation sites excluding steroid dienone is 2. The number of amides is 2. The summed E-state index contributed by atoms with van der Waals surface area (Å²) in [6, 6.07) is 9.65. The normalized spacial score (nSPS) is 17.5. The van der Waals surface area contributed by atoms with E-state index < -0.39 is 6.09 Å². The minimum absolute atomic E-state index is 0.157. The first-order valence-corrected chi connectivity index (χ1v) is 7.24.